The van der Waals surface area contributed by atoms with Crippen LogP contribution in [0.3, 0.4) is 0 Å². The van der Waals surface area contributed by atoms with Crippen molar-refractivity contribution >= 4 is 10.9 Å². The van der Waals surface area contributed by atoms with Crippen LogP contribution in [0, 0.1) is 0 Å². The summed E-state index contributed by atoms with van der Waals surface area (Å²) in [6.07, 6.45) is 0. The van der Waals surface area contributed by atoms with Crippen molar-refractivity contribution in [2.75, 3.05) is 7.05 Å². The zero-order chi connectivity index (χ0) is 11.5. The number of hydrogen-bond acceptors (Lipinski definition) is 4. The molecular formula is C11H14N4O. The van der Waals surface area contributed by atoms with E-state index in [9.17, 15) is 4.79 Å². The Kier molecular flexibility index (Phi) is 2.96. The Bertz CT molecular complexity index is 549. The van der Waals surface area contributed by atoms with Gasteiger partial charge < -0.3 is 5.32 Å². The second-order valence-corrected chi connectivity index (χ2v) is 3.78. The monoisotopic (exact) mass is 218 g/mol. The number of aromatic nitrogens is 3. The van der Waals surface area contributed by atoms with E-state index in [-0.39, 0.29) is 11.6 Å². The molecule has 0 saturated heterocycles. The summed E-state index contributed by atoms with van der Waals surface area (Å²) < 4.78 is 1.39. The summed E-state index contributed by atoms with van der Waals surface area (Å²) in [4.78, 5) is 12.0. The van der Waals surface area contributed by atoms with Gasteiger partial charge in [0, 0.05) is 6.04 Å². The lowest BCUT2D eigenvalue weighted by molar-refractivity contribution is 0.452. The highest BCUT2D eigenvalue weighted by Crippen LogP contribution is 2.03. The number of fused-ring (bicyclic) bond motifs is 1. The van der Waals surface area contributed by atoms with Crippen LogP contribution in [0.1, 0.15) is 6.92 Å². The summed E-state index contributed by atoms with van der Waals surface area (Å²) in [5, 5.41) is 11.6. The largest absolute Gasteiger partial charge is 0.315 e. The Labute approximate surface area is 93.1 Å². The number of nitrogens with one attached hydrogen (secondary N) is 1. The molecule has 1 atom stereocenters. The fraction of sp³-hybridized carbons (Fsp3) is 0.364. The molecule has 1 heterocycles. The Morgan fingerprint density at radius 2 is 2.19 bits per heavy atom. The van der Waals surface area contributed by atoms with Gasteiger partial charge >= 0.3 is 0 Å². The first kappa shape index (κ1) is 10.8. The van der Waals surface area contributed by atoms with Crippen LogP contribution >= 0.6 is 0 Å². The lowest BCUT2D eigenvalue weighted by Crippen LogP contribution is -2.34. The molecule has 0 saturated carbocycles. The topological polar surface area (TPSA) is 59.8 Å². The molecule has 0 aliphatic rings. The van der Waals surface area contributed by atoms with E-state index < -0.39 is 0 Å². The maximum absolute atomic E-state index is 12.0. The number of nitrogens with zero attached hydrogens (tertiary/aromatic N) is 3. The lowest BCUT2D eigenvalue weighted by atomic mass is 10.2. The van der Waals surface area contributed by atoms with Crippen LogP contribution in [-0.4, -0.2) is 28.1 Å². The molecular weight excluding hydrogens is 204 g/mol. The van der Waals surface area contributed by atoms with Crippen molar-refractivity contribution in [1.82, 2.24) is 20.3 Å². The normalized spacial score (nSPS) is 12.9. The van der Waals surface area contributed by atoms with E-state index in [1.54, 1.807) is 12.1 Å². The van der Waals surface area contributed by atoms with E-state index in [1.165, 1.54) is 4.68 Å². The summed E-state index contributed by atoms with van der Waals surface area (Å²) in [5.74, 6) is 0. The van der Waals surface area contributed by atoms with Gasteiger partial charge in [-0.25, -0.2) is 4.68 Å². The summed E-state index contributed by atoms with van der Waals surface area (Å²) in [7, 11) is 1.85. The van der Waals surface area contributed by atoms with Crippen molar-refractivity contribution in [2.24, 2.45) is 0 Å². The van der Waals surface area contributed by atoms with Gasteiger partial charge in [-0.1, -0.05) is 17.3 Å². The van der Waals surface area contributed by atoms with Crippen LogP contribution in [0.25, 0.3) is 10.9 Å². The molecule has 0 aliphatic heterocycles. The third-order valence-corrected chi connectivity index (χ3v) is 2.57. The highest BCUT2D eigenvalue weighted by molar-refractivity contribution is 5.76. The average molecular weight is 218 g/mol. The molecule has 1 unspecified atom stereocenters. The van der Waals surface area contributed by atoms with Crippen LogP contribution in [-0.2, 0) is 6.54 Å². The molecule has 16 heavy (non-hydrogen) atoms. The van der Waals surface area contributed by atoms with E-state index >= 15 is 0 Å². The first-order valence-corrected chi connectivity index (χ1v) is 5.22. The predicted molar refractivity (Wildman–Crippen MR) is 62.3 cm³/mol. The van der Waals surface area contributed by atoms with Crippen molar-refractivity contribution < 1.29 is 0 Å². The summed E-state index contributed by atoms with van der Waals surface area (Å²) in [5.41, 5.74) is 0.550. The van der Waals surface area contributed by atoms with Crippen molar-refractivity contribution in [3.8, 4) is 0 Å². The van der Waals surface area contributed by atoms with Gasteiger partial charge in [0.05, 0.1) is 11.9 Å². The second-order valence-electron chi connectivity index (χ2n) is 3.78. The summed E-state index contributed by atoms with van der Waals surface area (Å²) in [6.45, 7) is 2.51. The highest BCUT2D eigenvalue weighted by Gasteiger charge is 2.07. The van der Waals surface area contributed by atoms with Gasteiger partial charge in [-0.05, 0) is 26.1 Å². The number of hydrogen-bond donors (Lipinski definition) is 1. The molecule has 2 aromatic rings. The van der Waals surface area contributed by atoms with Gasteiger partial charge in [0.2, 0.25) is 0 Å². The van der Waals surface area contributed by atoms with Gasteiger partial charge in [-0.3, -0.25) is 4.79 Å². The van der Waals surface area contributed by atoms with Crippen LogP contribution in [0.2, 0.25) is 0 Å². The lowest BCUT2D eigenvalue weighted by Gasteiger charge is -2.10. The third-order valence-electron chi connectivity index (χ3n) is 2.57. The zero-order valence-electron chi connectivity index (χ0n) is 9.34. The molecule has 2 rings (SSSR count). The van der Waals surface area contributed by atoms with Crippen LogP contribution in [0.4, 0.5) is 0 Å². The molecule has 1 aromatic heterocycles. The number of likely N-dealkylation sites (N-methyl/N-ethyl adjacent to an activating group) is 1. The van der Waals surface area contributed by atoms with Crippen molar-refractivity contribution in [2.45, 2.75) is 19.5 Å². The minimum Gasteiger partial charge on any atom is -0.315 e. The van der Waals surface area contributed by atoms with E-state index in [0.29, 0.717) is 17.4 Å². The quantitative estimate of drug-likeness (QED) is 0.810. The van der Waals surface area contributed by atoms with Crippen molar-refractivity contribution in [1.29, 1.82) is 0 Å². The smallest absolute Gasteiger partial charge is 0.277 e. The zero-order valence-corrected chi connectivity index (χ0v) is 9.34. The molecule has 5 nitrogen and oxygen atoms in total. The Morgan fingerprint density at radius 3 is 2.94 bits per heavy atom. The molecule has 0 radical (unpaired) electrons. The van der Waals surface area contributed by atoms with Gasteiger partial charge in [-0.2, -0.15) is 0 Å². The average Bonchev–Trinajstić information content (AvgIpc) is 2.33. The van der Waals surface area contributed by atoms with E-state index in [2.05, 4.69) is 15.6 Å². The van der Waals surface area contributed by atoms with Gasteiger partial charge in [0.1, 0.15) is 5.52 Å². The predicted octanol–water partition coefficient (Wildman–Crippen LogP) is 0.399. The van der Waals surface area contributed by atoms with E-state index in [4.69, 9.17) is 0 Å². The Morgan fingerprint density at radius 1 is 1.44 bits per heavy atom. The summed E-state index contributed by atoms with van der Waals surface area (Å²) >= 11 is 0. The van der Waals surface area contributed by atoms with Gasteiger partial charge in [0.25, 0.3) is 5.56 Å². The molecule has 0 bridgehead atoms. The molecule has 0 spiro atoms. The molecule has 1 N–H and O–H groups in total. The minimum absolute atomic E-state index is 0.0901. The van der Waals surface area contributed by atoms with Crippen molar-refractivity contribution in [3.63, 3.8) is 0 Å². The van der Waals surface area contributed by atoms with Crippen LogP contribution in [0.5, 0.6) is 0 Å². The van der Waals surface area contributed by atoms with Crippen LogP contribution in [0.15, 0.2) is 29.1 Å². The number of benzene rings is 1. The van der Waals surface area contributed by atoms with Crippen molar-refractivity contribution in [3.05, 3.63) is 34.6 Å². The molecule has 84 valence electrons. The Hall–Kier alpha value is -1.75. The van der Waals surface area contributed by atoms with E-state index in [0.717, 1.165) is 0 Å². The van der Waals surface area contributed by atoms with Gasteiger partial charge in [0.15, 0.2) is 0 Å². The molecule has 0 amide bonds. The molecule has 5 heteroatoms. The summed E-state index contributed by atoms with van der Waals surface area (Å²) in [6, 6.07) is 7.42. The SMILES string of the molecule is CNC(C)Cn1nnc2ccccc2c1=O. The first-order valence-electron chi connectivity index (χ1n) is 5.22. The second kappa shape index (κ2) is 4.40. The highest BCUT2D eigenvalue weighted by atomic mass is 16.1. The maximum atomic E-state index is 12.0. The first-order chi connectivity index (χ1) is 7.72. The van der Waals surface area contributed by atoms with E-state index in [1.807, 2.05) is 26.1 Å². The number of rotatable bonds is 3. The molecule has 1 aromatic carbocycles. The third kappa shape index (κ3) is 1.94. The van der Waals surface area contributed by atoms with Crippen LogP contribution < -0.4 is 10.9 Å². The fourth-order valence-electron chi connectivity index (χ4n) is 1.49. The maximum Gasteiger partial charge on any atom is 0.277 e. The standard InChI is InChI=1S/C11H14N4O/c1-8(12-2)7-15-11(16)9-5-3-4-6-10(9)13-14-15/h3-6,8,12H,7H2,1-2H3. The fourth-order valence-corrected chi connectivity index (χ4v) is 1.49. The van der Waals surface area contributed by atoms with Gasteiger partial charge in [-0.15, -0.1) is 5.10 Å². The minimum atomic E-state index is -0.0901. The molecule has 0 aliphatic carbocycles. The molecule has 0 fully saturated rings. The Balaban J connectivity index is 2.49.